The van der Waals surface area contributed by atoms with E-state index in [-0.39, 0.29) is 28.0 Å². The predicted molar refractivity (Wildman–Crippen MR) is 75.6 cm³/mol. The molecule has 0 saturated heterocycles. The van der Waals surface area contributed by atoms with Gasteiger partial charge >= 0.3 is 0 Å². The van der Waals surface area contributed by atoms with E-state index < -0.39 is 10.7 Å². The smallest absolute Gasteiger partial charge is 0.272 e. The van der Waals surface area contributed by atoms with Crippen molar-refractivity contribution >= 4 is 23.1 Å². The maximum Gasteiger partial charge on any atom is 0.272 e. The first-order chi connectivity index (χ1) is 9.88. The van der Waals surface area contributed by atoms with Gasteiger partial charge in [0.1, 0.15) is 11.6 Å². The van der Waals surface area contributed by atoms with E-state index in [1.165, 1.54) is 18.2 Å². The normalized spacial score (nSPS) is 10.2. The highest BCUT2D eigenvalue weighted by atomic mass is 35.5. The molecule has 8 heteroatoms. The van der Waals surface area contributed by atoms with Crippen LogP contribution in [0.25, 0.3) is 0 Å². The second-order valence-electron chi connectivity index (χ2n) is 4.03. The number of halogens is 2. The Morgan fingerprint density at radius 2 is 1.95 bits per heavy atom. The third-order valence-corrected chi connectivity index (χ3v) is 2.88. The number of nitro groups is 1. The highest BCUT2D eigenvalue weighted by molar-refractivity contribution is 6.32. The molecule has 0 atom stereocenters. The number of nitrogens with one attached hydrogen (secondary N) is 1. The van der Waals surface area contributed by atoms with Crippen LogP contribution >= 0.6 is 11.6 Å². The van der Waals surface area contributed by atoms with E-state index in [1.807, 2.05) is 0 Å². The monoisotopic (exact) mass is 309 g/mol. The SMILES string of the molecule is N=C(N)c1ccc(Oc2ccc([N+](=O)[O-])cc2F)c(Cl)c1. The summed E-state index contributed by atoms with van der Waals surface area (Å²) in [6, 6.07) is 7.35. The minimum absolute atomic E-state index is 0.139. The average molecular weight is 310 g/mol. The lowest BCUT2D eigenvalue weighted by Crippen LogP contribution is -2.10. The zero-order valence-corrected chi connectivity index (χ0v) is 11.2. The van der Waals surface area contributed by atoms with Crippen LogP contribution in [0.3, 0.4) is 0 Å². The van der Waals surface area contributed by atoms with Crippen molar-refractivity contribution in [1.29, 1.82) is 5.41 Å². The zero-order valence-electron chi connectivity index (χ0n) is 10.5. The first-order valence-corrected chi connectivity index (χ1v) is 6.02. The summed E-state index contributed by atoms with van der Waals surface area (Å²) < 4.78 is 19.0. The fourth-order valence-electron chi connectivity index (χ4n) is 1.56. The molecule has 0 aliphatic rings. The van der Waals surface area contributed by atoms with Gasteiger partial charge in [0.05, 0.1) is 16.0 Å². The largest absolute Gasteiger partial charge is 0.453 e. The Balaban J connectivity index is 2.30. The minimum atomic E-state index is -0.879. The van der Waals surface area contributed by atoms with E-state index in [2.05, 4.69) is 0 Å². The lowest BCUT2D eigenvalue weighted by molar-refractivity contribution is -0.385. The van der Waals surface area contributed by atoms with Gasteiger partial charge in [0, 0.05) is 11.6 Å². The summed E-state index contributed by atoms with van der Waals surface area (Å²) in [7, 11) is 0. The molecule has 0 heterocycles. The van der Waals surface area contributed by atoms with Gasteiger partial charge < -0.3 is 10.5 Å². The van der Waals surface area contributed by atoms with E-state index in [9.17, 15) is 14.5 Å². The number of ether oxygens (including phenoxy) is 1. The maximum atomic E-state index is 13.7. The molecule has 0 aromatic heterocycles. The number of benzene rings is 2. The molecule has 0 radical (unpaired) electrons. The lowest BCUT2D eigenvalue weighted by Gasteiger charge is -2.09. The summed E-state index contributed by atoms with van der Waals surface area (Å²) in [6.45, 7) is 0. The molecular weight excluding hydrogens is 301 g/mol. The van der Waals surface area contributed by atoms with Crippen LogP contribution in [0.15, 0.2) is 36.4 Å². The van der Waals surface area contributed by atoms with Gasteiger partial charge in [0.2, 0.25) is 0 Å². The Morgan fingerprint density at radius 1 is 1.29 bits per heavy atom. The summed E-state index contributed by atoms with van der Waals surface area (Å²) in [5.74, 6) is -1.09. The molecule has 0 spiro atoms. The standard InChI is InChI=1S/C13H9ClFN3O3/c14-9-5-7(13(16)17)1-3-11(9)21-12-4-2-8(18(19)20)6-10(12)15/h1-6H,(H3,16,17). The number of rotatable bonds is 4. The lowest BCUT2D eigenvalue weighted by atomic mass is 10.2. The Labute approximate surface area is 123 Å². The zero-order chi connectivity index (χ0) is 15.6. The van der Waals surface area contributed by atoms with Crippen LogP contribution in [0.1, 0.15) is 5.56 Å². The number of nitrogen functional groups attached to an aromatic ring is 1. The van der Waals surface area contributed by atoms with E-state index in [0.29, 0.717) is 5.56 Å². The molecule has 0 amide bonds. The Bertz CT molecular complexity index is 675. The van der Waals surface area contributed by atoms with Crippen LogP contribution in [-0.2, 0) is 0 Å². The molecule has 3 N–H and O–H groups in total. The number of nitrogens with zero attached hydrogens (tertiary/aromatic N) is 1. The van der Waals surface area contributed by atoms with E-state index in [4.69, 9.17) is 27.5 Å². The molecular formula is C13H9ClFN3O3. The molecule has 6 nitrogen and oxygen atoms in total. The quantitative estimate of drug-likeness (QED) is 0.390. The Kier molecular flexibility index (Phi) is 4.04. The summed E-state index contributed by atoms with van der Waals surface area (Å²) in [5, 5.41) is 17.9. The molecule has 0 fully saturated rings. The topological polar surface area (TPSA) is 102 Å². The van der Waals surface area contributed by atoms with Crippen molar-refractivity contribution in [2.75, 3.05) is 0 Å². The molecule has 2 aromatic carbocycles. The fraction of sp³-hybridized carbons (Fsp3) is 0. The number of hydrogen-bond acceptors (Lipinski definition) is 4. The molecule has 0 bridgehead atoms. The van der Waals surface area contributed by atoms with Crippen molar-refractivity contribution in [3.63, 3.8) is 0 Å². The van der Waals surface area contributed by atoms with E-state index >= 15 is 0 Å². The fourth-order valence-corrected chi connectivity index (χ4v) is 1.77. The van der Waals surface area contributed by atoms with Crippen LogP contribution in [0.4, 0.5) is 10.1 Å². The Hall–Kier alpha value is -2.67. The molecule has 0 unspecified atom stereocenters. The van der Waals surface area contributed by atoms with Gasteiger partial charge in [-0.15, -0.1) is 0 Å². The number of nitrogens with two attached hydrogens (primary N) is 1. The van der Waals surface area contributed by atoms with Crippen LogP contribution in [0.2, 0.25) is 5.02 Å². The van der Waals surface area contributed by atoms with Crippen LogP contribution in [0.5, 0.6) is 11.5 Å². The molecule has 0 aliphatic carbocycles. The minimum Gasteiger partial charge on any atom is -0.453 e. The van der Waals surface area contributed by atoms with Crippen molar-refractivity contribution in [1.82, 2.24) is 0 Å². The van der Waals surface area contributed by atoms with E-state index in [1.54, 1.807) is 0 Å². The van der Waals surface area contributed by atoms with Gasteiger partial charge in [0.25, 0.3) is 5.69 Å². The first-order valence-electron chi connectivity index (χ1n) is 5.64. The molecule has 0 saturated carbocycles. The average Bonchev–Trinajstić information content (AvgIpc) is 2.42. The molecule has 21 heavy (non-hydrogen) atoms. The second kappa shape index (κ2) is 5.76. The Morgan fingerprint density at radius 3 is 2.48 bits per heavy atom. The van der Waals surface area contributed by atoms with Crippen LogP contribution < -0.4 is 10.5 Å². The van der Waals surface area contributed by atoms with E-state index in [0.717, 1.165) is 18.2 Å². The first kappa shape index (κ1) is 14.7. The molecule has 2 aromatic rings. The molecule has 0 aliphatic heterocycles. The second-order valence-corrected chi connectivity index (χ2v) is 4.44. The van der Waals surface area contributed by atoms with Gasteiger partial charge in [-0.2, -0.15) is 0 Å². The van der Waals surface area contributed by atoms with Gasteiger partial charge in [0.15, 0.2) is 11.6 Å². The highest BCUT2D eigenvalue weighted by Gasteiger charge is 2.13. The van der Waals surface area contributed by atoms with Gasteiger partial charge in [-0.3, -0.25) is 15.5 Å². The third kappa shape index (κ3) is 3.26. The number of amidine groups is 1. The van der Waals surface area contributed by atoms with Gasteiger partial charge in [-0.1, -0.05) is 11.6 Å². The van der Waals surface area contributed by atoms with Gasteiger partial charge in [-0.05, 0) is 24.3 Å². The highest BCUT2D eigenvalue weighted by Crippen LogP contribution is 2.32. The van der Waals surface area contributed by atoms with Crippen molar-refractivity contribution in [3.05, 3.63) is 62.9 Å². The molecule has 108 valence electrons. The summed E-state index contributed by atoms with van der Waals surface area (Å²) in [4.78, 5) is 9.82. The predicted octanol–water partition coefficient (Wildman–Crippen LogP) is 3.46. The number of hydrogen-bond donors (Lipinski definition) is 2. The third-order valence-electron chi connectivity index (χ3n) is 2.59. The molecule has 2 rings (SSSR count). The summed E-state index contributed by atoms with van der Waals surface area (Å²) >= 11 is 5.95. The van der Waals surface area contributed by atoms with Crippen molar-refractivity contribution in [3.8, 4) is 11.5 Å². The number of non-ortho nitro benzene ring substituents is 1. The van der Waals surface area contributed by atoms with Gasteiger partial charge in [-0.25, -0.2) is 4.39 Å². The summed E-state index contributed by atoms with van der Waals surface area (Å²) in [5.41, 5.74) is 5.34. The van der Waals surface area contributed by atoms with Crippen molar-refractivity contribution < 1.29 is 14.1 Å². The number of nitro benzene ring substituents is 1. The maximum absolute atomic E-state index is 13.7. The van der Waals surface area contributed by atoms with Crippen molar-refractivity contribution in [2.24, 2.45) is 5.73 Å². The van der Waals surface area contributed by atoms with Crippen LogP contribution in [-0.4, -0.2) is 10.8 Å². The summed E-state index contributed by atoms with van der Waals surface area (Å²) in [6.07, 6.45) is 0. The van der Waals surface area contributed by atoms with Crippen LogP contribution in [0, 0.1) is 21.3 Å². The van der Waals surface area contributed by atoms with Crippen molar-refractivity contribution in [2.45, 2.75) is 0 Å².